The van der Waals surface area contributed by atoms with E-state index in [1.54, 1.807) is 17.0 Å². The Morgan fingerprint density at radius 3 is 2.54 bits per heavy atom. The Balaban J connectivity index is 1.63. The number of hydrogen-bond donors (Lipinski definition) is 2. The molecule has 5 rings (SSSR count). The number of nitrogens with one attached hydrogen (secondary N) is 2. The molecule has 0 unspecified atom stereocenters. The third kappa shape index (κ3) is 4.31. The first-order valence-corrected chi connectivity index (χ1v) is 12.2. The Bertz CT molecular complexity index is 1230. The molecular weight excluding hydrogens is 448 g/mol. The molecule has 1 aliphatic carbocycles. The first-order chi connectivity index (χ1) is 16.9. The minimum absolute atomic E-state index is 0.219. The Morgan fingerprint density at radius 2 is 1.91 bits per heavy atom. The van der Waals surface area contributed by atoms with Crippen LogP contribution >= 0.6 is 0 Å². The Kier molecular flexibility index (Phi) is 6.32. The molecule has 0 bridgehead atoms. The van der Waals surface area contributed by atoms with Crippen LogP contribution in [0, 0.1) is 11.6 Å². The summed E-state index contributed by atoms with van der Waals surface area (Å²) in [6, 6.07) is 7.85. The highest BCUT2D eigenvalue weighted by Crippen LogP contribution is 2.48. The maximum atomic E-state index is 14.7. The van der Waals surface area contributed by atoms with Crippen LogP contribution in [0.1, 0.15) is 37.7 Å². The zero-order chi connectivity index (χ0) is 24.6. The van der Waals surface area contributed by atoms with Gasteiger partial charge in [-0.15, -0.1) is 0 Å². The first kappa shape index (κ1) is 23.5. The first-order valence-electron chi connectivity index (χ1n) is 12.2. The normalized spacial score (nSPS) is 18.2. The van der Waals surface area contributed by atoms with Crippen molar-refractivity contribution in [3.8, 4) is 17.1 Å². The van der Waals surface area contributed by atoms with Gasteiger partial charge in [-0.3, -0.25) is 4.57 Å². The molecule has 2 heterocycles. The van der Waals surface area contributed by atoms with Gasteiger partial charge >= 0.3 is 0 Å². The van der Waals surface area contributed by atoms with Crippen LogP contribution in [-0.2, 0) is 10.2 Å². The van der Waals surface area contributed by atoms with E-state index in [0.717, 1.165) is 80.0 Å². The second kappa shape index (κ2) is 9.41. The minimum Gasteiger partial charge on any atom is -0.386 e. The van der Waals surface area contributed by atoms with Crippen LogP contribution in [0.4, 0.5) is 20.2 Å². The SMILES string of the molecule is CNc1c(NC2CCN(C)CC2)cc(-c2nccn2-c2ccc(F)cc2F)cc1C1(C=O)CCC1. The predicted molar refractivity (Wildman–Crippen MR) is 134 cm³/mol. The van der Waals surface area contributed by atoms with Crippen molar-refractivity contribution in [2.45, 2.75) is 43.6 Å². The number of imidazole rings is 1. The molecule has 1 aromatic heterocycles. The zero-order valence-electron chi connectivity index (χ0n) is 20.2. The molecule has 1 saturated heterocycles. The number of halogens is 2. The molecular formula is C27H31F2N5O. The lowest BCUT2D eigenvalue weighted by Gasteiger charge is -2.39. The number of aldehydes is 1. The van der Waals surface area contributed by atoms with E-state index in [2.05, 4.69) is 27.6 Å². The van der Waals surface area contributed by atoms with Crippen molar-refractivity contribution < 1.29 is 13.6 Å². The van der Waals surface area contributed by atoms with Crippen LogP contribution in [0.15, 0.2) is 42.7 Å². The molecule has 1 aliphatic heterocycles. The van der Waals surface area contributed by atoms with Crippen molar-refractivity contribution in [1.29, 1.82) is 0 Å². The topological polar surface area (TPSA) is 62.2 Å². The van der Waals surface area contributed by atoms with E-state index < -0.39 is 17.0 Å². The number of rotatable bonds is 7. The summed E-state index contributed by atoms with van der Waals surface area (Å²) in [6.45, 7) is 2.04. The number of likely N-dealkylation sites (tertiary alicyclic amines) is 1. The number of aromatic nitrogens is 2. The summed E-state index contributed by atoms with van der Waals surface area (Å²) >= 11 is 0. The lowest BCUT2D eigenvalue weighted by molar-refractivity contribution is -0.115. The Hall–Kier alpha value is -3.26. The predicted octanol–water partition coefficient (Wildman–Crippen LogP) is 4.99. The summed E-state index contributed by atoms with van der Waals surface area (Å²) in [5.41, 5.74) is 3.22. The van der Waals surface area contributed by atoms with Crippen LogP contribution in [0.2, 0.25) is 0 Å². The minimum atomic E-state index is -0.663. The standard InChI is InChI=1S/C27H31F2N5O/c1-30-25-21(27(17-35)8-3-9-27)14-18(15-23(25)32-20-6-11-33(2)12-7-20)26-31-10-13-34(26)24-5-4-19(28)16-22(24)29/h4-5,10,13-17,20,30,32H,3,6-9,11-12H2,1-2H3. The molecule has 35 heavy (non-hydrogen) atoms. The third-order valence-corrected chi connectivity index (χ3v) is 7.54. The van der Waals surface area contributed by atoms with Gasteiger partial charge in [0.25, 0.3) is 0 Å². The highest BCUT2D eigenvalue weighted by Gasteiger charge is 2.41. The van der Waals surface area contributed by atoms with Crippen molar-refractivity contribution in [3.05, 3.63) is 59.9 Å². The van der Waals surface area contributed by atoms with Gasteiger partial charge in [0.15, 0.2) is 0 Å². The Labute approximate surface area is 204 Å². The maximum Gasteiger partial charge on any atom is 0.150 e. The van der Waals surface area contributed by atoms with E-state index in [1.165, 1.54) is 12.1 Å². The van der Waals surface area contributed by atoms with Crippen molar-refractivity contribution in [3.63, 3.8) is 0 Å². The van der Waals surface area contributed by atoms with Crippen molar-refractivity contribution in [2.75, 3.05) is 37.8 Å². The third-order valence-electron chi connectivity index (χ3n) is 7.54. The van der Waals surface area contributed by atoms with Gasteiger partial charge in [-0.05, 0) is 75.6 Å². The molecule has 2 N–H and O–H groups in total. The van der Waals surface area contributed by atoms with E-state index in [9.17, 15) is 13.6 Å². The van der Waals surface area contributed by atoms with E-state index in [1.807, 2.05) is 19.2 Å². The molecule has 3 aromatic rings. The fraction of sp³-hybridized carbons (Fsp3) is 0.407. The van der Waals surface area contributed by atoms with Gasteiger partial charge in [0.05, 0.1) is 22.5 Å². The molecule has 0 atom stereocenters. The average molecular weight is 480 g/mol. The summed E-state index contributed by atoms with van der Waals surface area (Å²) in [5.74, 6) is -0.758. The van der Waals surface area contributed by atoms with Gasteiger partial charge < -0.3 is 20.3 Å². The number of benzene rings is 2. The van der Waals surface area contributed by atoms with E-state index in [4.69, 9.17) is 0 Å². The zero-order valence-corrected chi connectivity index (χ0v) is 20.2. The molecule has 184 valence electrons. The summed E-state index contributed by atoms with van der Waals surface area (Å²) in [4.78, 5) is 19.2. The molecule has 6 nitrogen and oxygen atoms in total. The molecule has 1 saturated carbocycles. The number of carbonyl (C=O) groups is 1. The molecule has 0 spiro atoms. The summed E-state index contributed by atoms with van der Waals surface area (Å²) < 4.78 is 29.8. The van der Waals surface area contributed by atoms with Crippen LogP contribution < -0.4 is 10.6 Å². The lowest BCUT2D eigenvalue weighted by Crippen LogP contribution is -2.38. The van der Waals surface area contributed by atoms with Gasteiger partial charge in [-0.1, -0.05) is 6.42 Å². The molecule has 2 fully saturated rings. The quantitative estimate of drug-likeness (QED) is 0.468. The van der Waals surface area contributed by atoms with E-state index in [0.29, 0.717) is 11.9 Å². The van der Waals surface area contributed by atoms with Crippen molar-refractivity contribution in [1.82, 2.24) is 14.5 Å². The van der Waals surface area contributed by atoms with E-state index >= 15 is 0 Å². The van der Waals surface area contributed by atoms with Crippen LogP contribution in [0.25, 0.3) is 17.1 Å². The van der Waals surface area contributed by atoms with Crippen LogP contribution in [0.5, 0.6) is 0 Å². The fourth-order valence-electron chi connectivity index (χ4n) is 5.32. The average Bonchev–Trinajstić information content (AvgIpc) is 3.30. The highest BCUT2D eigenvalue weighted by atomic mass is 19.1. The number of carbonyl (C=O) groups excluding carboxylic acids is 1. The summed E-state index contributed by atoms with van der Waals surface area (Å²) in [5, 5.41) is 7.06. The van der Waals surface area contributed by atoms with Gasteiger partial charge in [0, 0.05) is 37.1 Å². The Morgan fingerprint density at radius 1 is 1.14 bits per heavy atom. The number of hydrogen-bond acceptors (Lipinski definition) is 5. The molecule has 2 aromatic carbocycles. The second-order valence-electron chi connectivity index (χ2n) is 9.76. The number of nitrogens with zero attached hydrogens (tertiary/aromatic N) is 3. The van der Waals surface area contributed by atoms with Crippen molar-refractivity contribution >= 4 is 17.7 Å². The maximum absolute atomic E-state index is 14.7. The van der Waals surface area contributed by atoms with E-state index in [-0.39, 0.29) is 5.69 Å². The van der Waals surface area contributed by atoms with Gasteiger partial charge in [-0.2, -0.15) is 0 Å². The smallest absolute Gasteiger partial charge is 0.150 e. The van der Waals surface area contributed by atoms with Gasteiger partial charge in [0.1, 0.15) is 23.7 Å². The van der Waals surface area contributed by atoms with Crippen molar-refractivity contribution in [2.24, 2.45) is 0 Å². The second-order valence-corrected chi connectivity index (χ2v) is 9.76. The largest absolute Gasteiger partial charge is 0.386 e. The van der Waals surface area contributed by atoms with Gasteiger partial charge in [0.2, 0.25) is 0 Å². The van der Waals surface area contributed by atoms with Gasteiger partial charge in [-0.25, -0.2) is 13.8 Å². The summed E-state index contributed by atoms with van der Waals surface area (Å²) in [6.07, 6.45) is 8.97. The number of piperidine rings is 1. The molecule has 0 radical (unpaired) electrons. The number of anilines is 2. The molecule has 2 aliphatic rings. The van der Waals surface area contributed by atoms with Crippen LogP contribution in [-0.4, -0.2) is 54.0 Å². The highest BCUT2D eigenvalue weighted by molar-refractivity contribution is 5.86. The molecule has 8 heteroatoms. The lowest BCUT2D eigenvalue weighted by atomic mass is 9.64. The fourth-order valence-corrected chi connectivity index (χ4v) is 5.32. The van der Waals surface area contributed by atoms with Crippen LogP contribution in [0.3, 0.4) is 0 Å². The molecule has 0 amide bonds. The monoisotopic (exact) mass is 479 g/mol. The summed E-state index contributed by atoms with van der Waals surface area (Å²) in [7, 11) is 4.01.